The number of ether oxygens (including phenoxy) is 2. The molecule has 2 aromatic heterocycles. The summed E-state index contributed by atoms with van der Waals surface area (Å²) in [5, 5.41) is 8.00. The van der Waals surface area contributed by atoms with E-state index in [2.05, 4.69) is 36.0 Å². The van der Waals surface area contributed by atoms with E-state index in [1.165, 1.54) is 6.33 Å². The van der Waals surface area contributed by atoms with Gasteiger partial charge in [-0.25, -0.2) is 9.97 Å². The second kappa shape index (κ2) is 10.4. The van der Waals surface area contributed by atoms with Gasteiger partial charge in [-0.2, -0.15) is 0 Å². The van der Waals surface area contributed by atoms with Crippen LogP contribution in [0.15, 0.2) is 41.3 Å². The predicted molar refractivity (Wildman–Crippen MR) is 114 cm³/mol. The molecule has 3 aromatic rings. The fraction of sp³-hybridized carbons (Fsp3) is 0.455. The first-order chi connectivity index (χ1) is 15.2. The Hall–Kier alpha value is -2.88. The van der Waals surface area contributed by atoms with E-state index in [0.29, 0.717) is 31.5 Å². The van der Waals surface area contributed by atoms with Gasteiger partial charge in [0.25, 0.3) is 0 Å². The zero-order valence-corrected chi connectivity index (χ0v) is 18.0. The van der Waals surface area contributed by atoms with Crippen molar-refractivity contribution >= 4 is 0 Å². The first kappa shape index (κ1) is 21.4. The van der Waals surface area contributed by atoms with Gasteiger partial charge in [0.15, 0.2) is 0 Å². The van der Waals surface area contributed by atoms with E-state index in [4.69, 9.17) is 13.9 Å². The molecule has 0 spiro atoms. The normalized spacial score (nSPS) is 14.8. The van der Waals surface area contributed by atoms with Crippen molar-refractivity contribution < 1.29 is 13.9 Å². The average molecular weight is 425 g/mol. The summed E-state index contributed by atoms with van der Waals surface area (Å²) in [7, 11) is 2.02. The summed E-state index contributed by atoms with van der Waals surface area (Å²) in [5.41, 5.74) is 3.11. The Labute approximate surface area is 182 Å². The van der Waals surface area contributed by atoms with Crippen molar-refractivity contribution in [1.29, 1.82) is 0 Å². The van der Waals surface area contributed by atoms with Gasteiger partial charge in [0, 0.05) is 56.6 Å². The molecule has 0 radical (unpaired) electrons. The summed E-state index contributed by atoms with van der Waals surface area (Å²) in [6, 6.07) is 6.22. The molecule has 0 N–H and O–H groups in total. The molecule has 31 heavy (non-hydrogen) atoms. The Morgan fingerprint density at radius 1 is 1.06 bits per heavy atom. The number of aryl methyl sites for hydroxylation is 1. The summed E-state index contributed by atoms with van der Waals surface area (Å²) >= 11 is 0. The summed E-state index contributed by atoms with van der Waals surface area (Å²) in [6.07, 6.45) is 5.17. The van der Waals surface area contributed by atoms with Crippen LogP contribution in [0, 0.1) is 6.92 Å². The maximum Gasteiger partial charge on any atom is 0.230 e. The van der Waals surface area contributed by atoms with Crippen LogP contribution in [0.5, 0.6) is 5.75 Å². The van der Waals surface area contributed by atoms with Crippen LogP contribution in [0.3, 0.4) is 0 Å². The smallest absolute Gasteiger partial charge is 0.230 e. The van der Waals surface area contributed by atoms with E-state index in [1.54, 1.807) is 6.92 Å². The number of hydrogen-bond acceptors (Lipinski definition) is 9. The highest BCUT2D eigenvalue weighted by Crippen LogP contribution is 2.27. The number of nitrogens with zero attached hydrogens (tertiary/aromatic N) is 6. The molecule has 9 heteroatoms. The first-order valence-electron chi connectivity index (χ1n) is 10.5. The highest BCUT2D eigenvalue weighted by Gasteiger charge is 2.14. The lowest BCUT2D eigenvalue weighted by Crippen LogP contribution is -2.38. The van der Waals surface area contributed by atoms with Gasteiger partial charge in [-0.15, -0.1) is 10.2 Å². The molecule has 1 aliphatic rings. The van der Waals surface area contributed by atoms with Crippen LogP contribution in [-0.2, 0) is 17.8 Å². The minimum atomic E-state index is 0.562. The zero-order valence-electron chi connectivity index (χ0n) is 18.0. The number of aromatic nitrogens is 4. The summed E-state index contributed by atoms with van der Waals surface area (Å²) in [5.74, 6) is 2.05. The molecular weight excluding hydrogens is 396 g/mol. The summed E-state index contributed by atoms with van der Waals surface area (Å²) in [4.78, 5) is 12.8. The van der Waals surface area contributed by atoms with Crippen molar-refractivity contribution in [2.75, 3.05) is 46.5 Å². The molecule has 3 heterocycles. The molecule has 1 aliphatic heterocycles. The molecule has 0 unspecified atom stereocenters. The molecular formula is C22H28N6O3. The Balaban J connectivity index is 1.47. The molecule has 1 saturated heterocycles. The number of morpholine rings is 1. The third kappa shape index (κ3) is 6.06. The second-order valence-corrected chi connectivity index (χ2v) is 7.64. The van der Waals surface area contributed by atoms with Gasteiger partial charge in [-0.1, -0.05) is 6.07 Å². The molecule has 9 nitrogen and oxygen atoms in total. The second-order valence-electron chi connectivity index (χ2n) is 7.64. The van der Waals surface area contributed by atoms with Crippen LogP contribution >= 0.6 is 0 Å². The topological polar surface area (TPSA) is 89.6 Å². The van der Waals surface area contributed by atoms with Crippen molar-refractivity contribution in [3.05, 3.63) is 54.3 Å². The summed E-state index contributed by atoms with van der Waals surface area (Å²) in [6.45, 7) is 8.04. The Morgan fingerprint density at radius 2 is 1.87 bits per heavy atom. The number of hydrogen-bond donors (Lipinski definition) is 0. The van der Waals surface area contributed by atoms with Gasteiger partial charge >= 0.3 is 0 Å². The lowest BCUT2D eigenvalue weighted by molar-refractivity contribution is 0.0321. The molecule has 4 rings (SSSR count). The van der Waals surface area contributed by atoms with E-state index >= 15 is 0 Å². The highest BCUT2D eigenvalue weighted by atomic mass is 16.5. The lowest BCUT2D eigenvalue weighted by Gasteiger charge is -2.26. The summed E-state index contributed by atoms with van der Waals surface area (Å²) < 4.78 is 17.1. The van der Waals surface area contributed by atoms with Gasteiger partial charge in [0.2, 0.25) is 11.8 Å². The molecule has 1 fully saturated rings. The standard InChI is InChI=1S/C22H28N6O3/c1-17-25-26-22(31-17)15-27(2)14-19-11-18(20-12-23-16-24-13-20)3-4-21(19)30-10-7-28-5-8-29-9-6-28/h3-4,11-13,16H,5-10,14-15H2,1-2H3. The van der Waals surface area contributed by atoms with E-state index in [0.717, 1.165) is 55.3 Å². The van der Waals surface area contributed by atoms with Gasteiger partial charge in [-0.3, -0.25) is 9.80 Å². The molecule has 0 amide bonds. The molecule has 0 bridgehead atoms. The van der Waals surface area contributed by atoms with Gasteiger partial charge in [0.1, 0.15) is 18.7 Å². The van der Waals surface area contributed by atoms with Crippen LogP contribution < -0.4 is 4.74 Å². The molecule has 0 atom stereocenters. The maximum atomic E-state index is 6.19. The molecule has 0 aliphatic carbocycles. The van der Waals surface area contributed by atoms with E-state index in [-0.39, 0.29) is 0 Å². The Bertz CT molecular complexity index is 959. The minimum absolute atomic E-state index is 0.562. The van der Waals surface area contributed by atoms with Crippen LogP contribution in [-0.4, -0.2) is 76.5 Å². The predicted octanol–water partition coefficient (Wildman–Crippen LogP) is 2.18. The Kier molecular flexibility index (Phi) is 7.18. The minimum Gasteiger partial charge on any atom is -0.492 e. The van der Waals surface area contributed by atoms with Crippen molar-refractivity contribution in [1.82, 2.24) is 30.0 Å². The lowest BCUT2D eigenvalue weighted by atomic mass is 10.0. The van der Waals surface area contributed by atoms with Crippen LogP contribution in [0.25, 0.3) is 11.1 Å². The largest absolute Gasteiger partial charge is 0.492 e. The third-order valence-electron chi connectivity index (χ3n) is 5.14. The van der Waals surface area contributed by atoms with Crippen molar-refractivity contribution in [2.24, 2.45) is 0 Å². The van der Waals surface area contributed by atoms with Crippen LogP contribution in [0.2, 0.25) is 0 Å². The van der Waals surface area contributed by atoms with Gasteiger partial charge in [-0.05, 0) is 24.7 Å². The van der Waals surface area contributed by atoms with E-state index in [1.807, 2.05) is 31.6 Å². The van der Waals surface area contributed by atoms with Crippen LogP contribution in [0.4, 0.5) is 0 Å². The quantitative estimate of drug-likeness (QED) is 0.513. The average Bonchev–Trinajstić information content (AvgIpc) is 3.20. The van der Waals surface area contributed by atoms with Gasteiger partial charge < -0.3 is 13.9 Å². The number of benzene rings is 1. The van der Waals surface area contributed by atoms with Crippen molar-refractivity contribution in [2.45, 2.75) is 20.0 Å². The first-order valence-corrected chi connectivity index (χ1v) is 10.5. The van der Waals surface area contributed by atoms with Crippen LogP contribution in [0.1, 0.15) is 17.3 Å². The molecule has 1 aromatic carbocycles. The number of rotatable bonds is 9. The molecule has 164 valence electrons. The van der Waals surface area contributed by atoms with E-state index < -0.39 is 0 Å². The van der Waals surface area contributed by atoms with Crippen molar-refractivity contribution in [3.8, 4) is 16.9 Å². The Morgan fingerprint density at radius 3 is 2.61 bits per heavy atom. The highest BCUT2D eigenvalue weighted by molar-refractivity contribution is 5.64. The van der Waals surface area contributed by atoms with Gasteiger partial charge in [0.05, 0.1) is 19.8 Å². The van der Waals surface area contributed by atoms with Crippen molar-refractivity contribution in [3.63, 3.8) is 0 Å². The fourth-order valence-electron chi connectivity index (χ4n) is 3.56. The SMILES string of the molecule is Cc1nnc(CN(C)Cc2cc(-c3cncnc3)ccc2OCCN2CCOCC2)o1. The fourth-order valence-corrected chi connectivity index (χ4v) is 3.56. The maximum absolute atomic E-state index is 6.19. The zero-order chi connectivity index (χ0) is 21.5. The monoisotopic (exact) mass is 424 g/mol. The molecule has 0 saturated carbocycles. The van der Waals surface area contributed by atoms with E-state index in [9.17, 15) is 0 Å². The third-order valence-corrected chi connectivity index (χ3v) is 5.14.